The first-order valence-corrected chi connectivity index (χ1v) is 8.24. The SMILES string of the molecule is CC1(C)CN(c2ccc(Cl)cc2CBr)CCS1. The molecule has 1 heterocycles. The lowest BCUT2D eigenvalue weighted by atomic mass is 10.1. The van der Waals surface area contributed by atoms with E-state index in [2.05, 4.69) is 58.6 Å². The Kier molecular flexibility index (Phi) is 4.32. The van der Waals surface area contributed by atoms with E-state index in [1.807, 2.05) is 6.07 Å². The number of thioether (sulfide) groups is 1. The zero-order chi connectivity index (χ0) is 12.5. The van der Waals surface area contributed by atoms with Crippen LogP contribution in [0.25, 0.3) is 0 Å². The largest absolute Gasteiger partial charge is 0.369 e. The Morgan fingerprint density at radius 2 is 2.24 bits per heavy atom. The number of benzene rings is 1. The molecule has 1 aliphatic rings. The number of alkyl halides is 1. The first kappa shape index (κ1) is 13.6. The molecule has 0 aromatic heterocycles. The normalized spacial score (nSPS) is 19.4. The van der Waals surface area contributed by atoms with Crippen LogP contribution in [0.5, 0.6) is 0 Å². The summed E-state index contributed by atoms with van der Waals surface area (Å²) in [5.41, 5.74) is 2.60. The molecule has 4 heteroatoms. The van der Waals surface area contributed by atoms with E-state index < -0.39 is 0 Å². The molecule has 0 saturated carbocycles. The maximum Gasteiger partial charge on any atom is 0.0410 e. The highest BCUT2D eigenvalue weighted by Gasteiger charge is 2.27. The van der Waals surface area contributed by atoms with E-state index in [-0.39, 0.29) is 0 Å². The summed E-state index contributed by atoms with van der Waals surface area (Å²) in [6.45, 7) is 6.84. The van der Waals surface area contributed by atoms with Crippen molar-refractivity contribution in [1.82, 2.24) is 0 Å². The number of hydrogen-bond donors (Lipinski definition) is 0. The first-order chi connectivity index (χ1) is 8.02. The van der Waals surface area contributed by atoms with Gasteiger partial charge in [0.05, 0.1) is 0 Å². The van der Waals surface area contributed by atoms with Crippen LogP contribution in [0.15, 0.2) is 18.2 Å². The maximum absolute atomic E-state index is 6.05. The Bertz CT molecular complexity index is 408. The van der Waals surface area contributed by atoms with Gasteiger partial charge in [0, 0.05) is 39.6 Å². The van der Waals surface area contributed by atoms with Crippen LogP contribution in [0.3, 0.4) is 0 Å². The van der Waals surface area contributed by atoms with Gasteiger partial charge in [-0.15, -0.1) is 0 Å². The lowest BCUT2D eigenvalue weighted by molar-refractivity contribution is 0.646. The molecule has 0 bridgehead atoms. The van der Waals surface area contributed by atoms with Gasteiger partial charge in [0.2, 0.25) is 0 Å². The van der Waals surface area contributed by atoms with Crippen LogP contribution in [0.1, 0.15) is 19.4 Å². The van der Waals surface area contributed by atoms with E-state index in [4.69, 9.17) is 11.6 Å². The molecule has 0 aliphatic carbocycles. The fraction of sp³-hybridized carbons (Fsp3) is 0.538. The summed E-state index contributed by atoms with van der Waals surface area (Å²) in [5.74, 6) is 1.19. The molecule has 1 aliphatic heterocycles. The van der Waals surface area contributed by atoms with E-state index in [0.29, 0.717) is 4.75 Å². The van der Waals surface area contributed by atoms with Crippen molar-refractivity contribution in [2.24, 2.45) is 0 Å². The average Bonchev–Trinajstić information content (AvgIpc) is 2.27. The fourth-order valence-electron chi connectivity index (χ4n) is 2.19. The molecular weight excluding hydrogens is 318 g/mol. The molecule has 1 fully saturated rings. The van der Waals surface area contributed by atoms with Crippen molar-refractivity contribution < 1.29 is 0 Å². The minimum Gasteiger partial charge on any atom is -0.369 e. The number of rotatable bonds is 2. The van der Waals surface area contributed by atoms with Crippen LogP contribution in [0, 0.1) is 0 Å². The highest BCUT2D eigenvalue weighted by atomic mass is 79.9. The zero-order valence-electron chi connectivity index (χ0n) is 10.2. The predicted molar refractivity (Wildman–Crippen MR) is 82.8 cm³/mol. The summed E-state index contributed by atoms with van der Waals surface area (Å²) in [6.07, 6.45) is 0. The highest BCUT2D eigenvalue weighted by molar-refractivity contribution is 9.08. The Morgan fingerprint density at radius 1 is 1.47 bits per heavy atom. The Balaban J connectivity index is 2.27. The van der Waals surface area contributed by atoms with Crippen molar-refractivity contribution in [2.75, 3.05) is 23.7 Å². The van der Waals surface area contributed by atoms with Gasteiger partial charge >= 0.3 is 0 Å². The second-order valence-electron chi connectivity index (χ2n) is 4.94. The lowest BCUT2D eigenvalue weighted by Crippen LogP contribution is -2.43. The molecular formula is C13H17BrClNS. The summed E-state index contributed by atoms with van der Waals surface area (Å²) in [7, 11) is 0. The number of nitrogens with zero attached hydrogens (tertiary/aromatic N) is 1. The molecule has 0 spiro atoms. The third kappa shape index (κ3) is 3.33. The summed E-state index contributed by atoms with van der Waals surface area (Å²) in [4.78, 5) is 2.48. The molecule has 0 amide bonds. The van der Waals surface area contributed by atoms with Gasteiger partial charge in [-0.05, 0) is 37.6 Å². The van der Waals surface area contributed by atoms with E-state index in [1.165, 1.54) is 17.0 Å². The molecule has 94 valence electrons. The Labute approximate surface area is 121 Å². The number of hydrogen-bond acceptors (Lipinski definition) is 2. The first-order valence-electron chi connectivity index (χ1n) is 5.75. The third-order valence-electron chi connectivity index (χ3n) is 2.95. The number of halogens is 2. The average molecular weight is 335 g/mol. The number of anilines is 1. The maximum atomic E-state index is 6.05. The summed E-state index contributed by atoms with van der Waals surface area (Å²) in [5, 5.41) is 1.67. The van der Waals surface area contributed by atoms with Gasteiger partial charge < -0.3 is 4.90 Å². The van der Waals surface area contributed by atoms with Crippen LogP contribution in [-0.4, -0.2) is 23.6 Å². The van der Waals surface area contributed by atoms with Crippen LogP contribution in [-0.2, 0) is 5.33 Å². The molecule has 1 aromatic carbocycles. The molecule has 1 aromatic rings. The van der Waals surface area contributed by atoms with Gasteiger partial charge in [-0.1, -0.05) is 27.5 Å². The van der Waals surface area contributed by atoms with Crippen LogP contribution in [0.2, 0.25) is 5.02 Å². The standard InChI is InChI=1S/C13H17BrClNS/c1-13(2)9-16(5-6-17-13)12-4-3-11(15)7-10(12)8-14/h3-4,7H,5-6,8-9H2,1-2H3. The van der Waals surface area contributed by atoms with Gasteiger partial charge in [-0.25, -0.2) is 0 Å². The minimum absolute atomic E-state index is 0.335. The molecule has 0 unspecified atom stereocenters. The third-order valence-corrected chi connectivity index (χ3v) is 5.09. The van der Waals surface area contributed by atoms with Gasteiger partial charge in [0.25, 0.3) is 0 Å². The fourth-order valence-corrected chi connectivity index (χ4v) is 3.95. The summed E-state index contributed by atoms with van der Waals surface area (Å²) in [6, 6.07) is 6.18. The van der Waals surface area contributed by atoms with E-state index in [1.54, 1.807) is 0 Å². The van der Waals surface area contributed by atoms with Gasteiger partial charge in [-0.2, -0.15) is 11.8 Å². The quantitative estimate of drug-likeness (QED) is 0.729. The summed E-state index contributed by atoms with van der Waals surface area (Å²) >= 11 is 11.7. The van der Waals surface area contributed by atoms with Crippen molar-refractivity contribution in [3.63, 3.8) is 0 Å². The van der Waals surface area contributed by atoms with Crippen LogP contribution >= 0.6 is 39.3 Å². The minimum atomic E-state index is 0.335. The van der Waals surface area contributed by atoms with Crippen molar-refractivity contribution in [3.05, 3.63) is 28.8 Å². The topological polar surface area (TPSA) is 3.24 Å². The zero-order valence-corrected chi connectivity index (χ0v) is 13.3. The van der Waals surface area contributed by atoms with Crippen molar-refractivity contribution >= 4 is 45.0 Å². The van der Waals surface area contributed by atoms with Crippen molar-refractivity contribution in [3.8, 4) is 0 Å². The Hall–Kier alpha value is 0.140. The van der Waals surface area contributed by atoms with Gasteiger partial charge in [0.15, 0.2) is 0 Å². The van der Waals surface area contributed by atoms with Crippen molar-refractivity contribution in [1.29, 1.82) is 0 Å². The second-order valence-corrected chi connectivity index (χ2v) is 7.74. The molecule has 17 heavy (non-hydrogen) atoms. The highest BCUT2D eigenvalue weighted by Crippen LogP contribution is 2.34. The van der Waals surface area contributed by atoms with Crippen LogP contribution in [0.4, 0.5) is 5.69 Å². The lowest BCUT2D eigenvalue weighted by Gasteiger charge is -2.39. The van der Waals surface area contributed by atoms with Gasteiger partial charge in [0.1, 0.15) is 0 Å². The molecule has 1 saturated heterocycles. The Morgan fingerprint density at radius 3 is 2.88 bits per heavy atom. The molecule has 0 atom stereocenters. The van der Waals surface area contributed by atoms with Crippen LogP contribution < -0.4 is 4.90 Å². The smallest absolute Gasteiger partial charge is 0.0410 e. The van der Waals surface area contributed by atoms with Gasteiger partial charge in [-0.3, -0.25) is 0 Å². The van der Waals surface area contributed by atoms with E-state index >= 15 is 0 Å². The summed E-state index contributed by atoms with van der Waals surface area (Å²) < 4.78 is 0.335. The molecule has 1 nitrogen and oxygen atoms in total. The molecule has 2 rings (SSSR count). The van der Waals surface area contributed by atoms with E-state index in [0.717, 1.165) is 23.4 Å². The monoisotopic (exact) mass is 333 g/mol. The molecule has 0 radical (unpaired) electrons. The predicted octanol–water partition coefficient (Wildman–Crippen LogP) is 4.57. The van der Waals surface area contributed by atoms with E-state index in [9.17, 15) is 0 Å². The van der Waals surface area contributed by atoms with Crippen molar-refractivity contribution in [2.45, 2.75) is 23.9 Å². The second kappa shape index (κ2) is 5.41. The molecule has 0 N–H and O–H groups in total.